The van der Waals surface area contributed by atoms with Gasteiger partial charge < -0.3 is 15.7 Å². The second-order valence-electron chi connectivity index (χ2n) is 4.65. The molecule has 0 aliphatic heterocycles. The molecule has 0 aliphatic carbocycles. The molecule has 0 aromatic carbocycles. The molecule has 2 amide bonds. The molecule has 0 aromatic rings. The number of carboxylic acid groups (broad SMARTS) is 1. The Balaban J connectivity index is 4.45. The van der Waals surface area contributed by atoms with Gasteiger partial charge in [-0.2, -0.15) is 13.2 Å². The van der Waals surface area contributed by atoms with Gasteiger partial charge in [-0.25, -0.2) is 18.0 Å². The summed E-state index contributed by atoms with van der Waals surface area (Å²) in [5, 5.41) is 12.7. The zero-order valence-corrected chi connectivity index (χ0v) is 12.2. The van der Waals surface area contributed by atoms with Crippen LogP contribution >= 0.6 is 0 Å². The van der Waals surface area contributed by atoms with E-state index in [1.807, 2.05) is 10.6 Å². The van der Waals surface area contributed by atoms with Crippen LogP contribution in [0.3, 0.4) is 0 Å². The monoisotopic (exact) mass is 334 g/mol. The van der Waals surface area contributed by atoms with Crippen LogP contribution in [-0.4, -0.2) is 55.8 Å². The van der Waals surface area contributed by atoms with Crippen LogP contribution in [0.2, 0.25) is 0 Å². The van der Waals surface area contributed by atoms with Crippen LogP contribution in [0.25, 0.3) is 0 Å². The van der Waals surface area contributed by atoms with Crippen molar-refractivity contribution in [3.63, 3.8) is 0 Å². The number of hydrogen-bond acceptors (Lipinski definition) is 4. The fourth-order valence-corrected chi connectivity index (χ4v) is 2.08. The summed E-state index contributed by atoms with van der Waals surface area (Å²) in [4.78, 5) is 22.2. The molecule has 0 spiro atoms. The van der Waals surface area contributed by atoms with Gasteiger partial charge in [0.15, 0.2) is 0 Å². The first-order chi connectivity index (χ1) is 9.30. The molecule has 124 valence electrons. The van der Waals surface area contributed by atoms with Gasteiger partial charge in [-0.3, -0.25) is 0 Å². The molecule has 0 saturated heterocycles. The Bertz CT molecular complexity index is 478. The Morgan fingerprint density at radius 1 is 1.24 bits per heavy atom. The van der Waals surface area contributed by atoms with E-state index in [1.165, 1.54) is 0 Å². The molecule has 0 rings (SSSR count). The Labute approximate surface area is 119 Å². The molecule has 0 radical (unpaired) electrons. The normalized spacial score (nSPS) is 15.1. The van der Waals surface area contributed by atoms with Crippen LogP contribution in [0.4, 0.5) is 18.0 Å². The van der Waals surface area contributed by atoms with Crippen molar-refractivity contribution in [3.8, 4) is 0 Å². The van der Waals surface area contributed by atoms with Crippen molar-refractivity contribution in [2.24, 2.45) is 0 Å². The number of carboxylic acids is 1. The van der Waals surface area contributed by atoms with Gasteiger partial charge in [0.2, 0.25) is 0 Å². The SMILES string of the molecule is CC(CC(F)(F)F)NC(=O)NC(CCS(C)(=O)=O)C(=O)O. The number of nitrogens with one attached hydrogen (secondary N) is 2. The van der Waals surface area contributed by atoms with E-state index in [4.69, 9.17) is 5.11 Å². The van der Waals surface area contributed by atoms with Crippen LogP contribution in [-0.2, 0) is 14.6 Å². The van der Waals surface area contributed by atoms with E-state index in [0.29, 0.717) is 0 Å². The van der Waals surface area contributed by atoms with Gasteiger partial charge in [0, 0.05) is 12.3 Å². The number of amides is 2. The molecule has 0 aromatic heterocycles. The molecule has 0 heterocycles. The average molecular weight is 334 g/mol. The molecule has 0 bridgehead atoms. The Morgan fingerprint density at radius 2 is 1.76 bits per heavy atom. The predicted octanol–water partition coefficient (Wildman–Crippen LogP) is 0.514. The molecule has 3 N–H and O–H groups in total. The molecule has 0 fully saturated rings. The molecule has 21 heavy (non-hydrogen) atoms. The van der Waals surface area contributed by atoms with Gasteiger partial charge >= 0.3 is 18.2 Å². The van der Waals surface area contributed by atoms with Crippen molar-refractivity contribution >= 4 is 21.8 Å². The van der Waals surface area contributed by atoms with Crippen molar-refractivity contribution in [2.45, 2.75) is 38.0 Å². The van der Waals surface area contributed by atoms with E-state index in [2.05, 4.69) is 0 Å². The minimum atomic E-state index is -4.46. The first kappa shape index (κ1) is 19.5. The summed E-state index contributed by atoms with van der Waals surface area (Å²) in [6.45, 7) is 1.11. The Kier molecular flexibility index (Phi) is 6.94. The van der Waals surface area contributed by atoms with Crippen LogP contribution < -0.4 is 10.6 Å². The molecule has 7 nitrogen and oxygen atoms in total. The van der Waals surface area contributed by atoms with E-state index >= 15 is 0 Å². The van der Waals surface area contributed by atoms with Crippen molar-refractivity contribution in [1.82, 2.24) is 10.6 Å². The largest absolute Gasteiger partial charge is 0.480 e. The smallest absolute Gasteiger partial charge is 0.391 e. The highest BCUT2D eigenvalue weighted by Crippen LogP contribution is 2.21. The number of carbonyl (C=O) groups is 2. The van der Waals surface area contributed by atoms with Crippen LogP contribution in [0, 0.1) is 0 Å². The molecule has 2 atom stereocenters. The second kappa shape index (κ2) is 7.48. The molecule has 0 aliphatic rings. The van der Waals surface area contributed by atoms with E-state index in [0.717, 1.165) is 13.2 Å². The fourth-order valence-electron chi connectivity index (χ4n) is 1.41. The molecular weight excluding hydrogens is 317 g/mol. The third-order valence-corrected chi connectivity index (χ3v) is 3.27. The van der Waals surface area contributed by atoms with Crippen molar-refractivity contribution in [1.29, 1.82) is 0 Å². The van der Waals surface area contributed by atoms with E-state index in [1.54, 1.807) is 0 Å². The number of sulfone groups is 1. The number of halogens is 3. The van der Waals surface area contributed by atoms with Gasteiger partial charge in [0.25, 0.3) is 0 Å². The van der Waals surface area contributed by atoms with Crippen molar-refractivity contribution in [2.75, 3.05) is 12.0 Å². The summed E-state index contributed by atoms with van der Waals surface area (Å²) in [6, 6.07) is -3.85. The van der Waals surface area contributed by atoms with E-state index in [-0.39, 0.29) is 6.42 Å². The highest BCUT2D eigenvalue weighted by atomic mass is 32.2. The van der Waals surface area contributed by atoms with E-state index in [9.17, 15) is 31.2 Å². The number of rotatable bonds is 7. The number of carbonyl (C=O) groups excluding carboxylic acids is 1. The predicted molar refractivity (Wildman–Crippen MR) is 67.6 cm³/mol. The lowest BCUT2D eigenvalue weighted by Gasteiger charge is -2.19. The van der Waals surface area contributed by atoms with Gasteiger partial charge in [-0.15, -0.1) is 0 Å². The topological polar surface area (TPSA) is 113 Å². The molecule has 2 unspecified atom stereocenters. The average Bonchev–Trinajstić information content (AvgIpc) is 2.19. The fraction of sp³-hybridized carbons (Fsp3) is 0.800. The quantitative estimate of drug-likeness (QED) is 0.628. The second-order valence-corrected chi connectivity index (χ2v) is 6.91. The van der Waals surface area contributed by atoms with Crippen LogP contribution in [0.5, 0.6) is 0 Å². The zero-order valence-electron chi connectivity index (χ0n) is 11.4. The summed E-state index contributed by atoms with van der Waals surface area (Å²) in [6.07, 6.45) is -5.21. The summed E-state index contributed by atoms with van der Waals surface area (Å²) >= 11 is 0. The van der Waals surface area contributed by atoms with Crippen LogP contribution in [0.1, 0.15) is 19.8 Å². The van der Waals surface area contributed by atoms with Crippen LogP contribution in [0.15, 0.2) is 0 Å². The Hall–Kier alpha value is -1.52. The lowest BCUT2D eigenvalue weighted by molar-refractivity contribution is -0.140. The van der Waals surface area contributed by atoms with Gasteiger partial charge in [0.05, 0.1) is 12.2 Å². The summed E-state index contributed by atoms with van der Waals surface area (Å²) in [5.41, 5.74) is 0. The number of alkyl halides is 3. The number of urea groups is 1. The van der Waals surface area contributed by atoms with Gasteiger partial charge in [0.1, 0.15) is 15.9 Å². The first-order valence-electron chi connectivity index (χ1n) is 5.84. The molecule has 0 saturated carbocycles. The van der Waals surface area contributed by atoms with Crippen molar-refractivity contribution in [3.05, 3.63) is 0 Å². The molecule has 11 heteroatoms. The minimum Gasteiger partial charge on any atom is -0.480 e. The highest BCUT2D eigenvalue weighted by molar-refractivity contribution is 7.90. The lowest BCUT2D eigenvalue weighted by atomic mass is 10.2. The Morgan fingerprint density at radius 3 is 2.14 bits per heavy atom. The third kappa shape index (κ3) is 10.9. The number of aliphatic carboxylic acids is 1. The highest BCUT2D eigenvalue weighted by Gasteiger charge is 2.31. The zero-order chi connectivity index (χ0) is 16.8. The lowest BCUT2D eigenvalue weighted by Crippen LogP contribution is -2.49. The minimum absolute atomic E-state index is 0.380. The summed E-state index contributed by atoms with van der Waals surface area (Å²) < 4.78 is 58.1. The maximum atomic E-state index is 12.1. The third-order valence-electron chi connectivity index (χ3n) is 2.30. The number of hydrogen-bond donors (Lipinski definition) is 3. The van der Waals surface area contributed by atoms with Crippen molar-refractivity contribution < 1.29 is 36.3 Å². The summed E-state index contributed by atoms with van der Waals surface area (Å²) in [7, 11) is -3.42. The van der Waals surface area contributed by atoms with Gasteiger partial charge in [-0.1, -0.05) is 0 Å². The molecular formula is C10H17F3N2O5S. The standard InChI is InChI=1S/C10H17F3N2O5S/c1-6(5-10(11,12)13)14-9(18)15-7(8(16)17)3-4-21(2,19)20/h6-7H,3-5H2,1-2H3,(H,16,17)(H2,14,15,18). The maximum Gasteiger partial charge on any atom is 0.391 e. The maximum absolute atomic E-state index is 12.1. The van der Waals surface area contributed by atoms with E-state index < -0.39 is 52.3 Å². The van der Waals surface area contributed by atoms with Gasteiger partial charge in [-0.05, 0) is 13.3 Å². The first-order valence-corrected chi connectivity index (χ1v) is 7.90. The summed E-state index contributed by atoms with van der Waals surface area (Å²) in [5.74, 6) is -1.94.